The van der Waals surface area contributed by atoms with E-state index in [1.54, 1.807) is 11.8 Å². The van der Waals surface area contributed by atoms with Gasteiger partial charge in [0.05, 0.1) is 10.6 Å². The van der Waals surface area contributed by atoms with Crippen LogP contribution in [0.25, 0.3) is 0 Å². The molecule has 2 nitrogen and oxygen atoms in total. The topological polar surface area (TPSA) is 22.0 Å². The Balaban J connectivity index is 2.42. The third-order valence-corrected chi connectivity index (χ3v) is 3.38. The van der Waals surface area contributed by atoms with E-state index in [0.29, 0.717) is 0 Å². The Kier molecular flexibility index (Phi) is 3.15. The minimum Gasteiger partial charge on any atom is -0.345 e. The molecule has 0 unspecified atom stereocenters. The Morgan fingerprint density at radius 1 is 1.19 bits per heavy atom. The number of rotatable bonds is 3. The first-order chi connectivity index (χ1) is 7.74. The number of carbonyl (C=O) groups is 1. The Labute approximate surface area is 99.3 Å². The van der Waals surface area contributed by atoms with Crippen LogP contribution in [0.2, 0.25) is 0 Å². The summed E-state index contributed by atoms with van der Waals surface area (Å²) in [6, 6.07) is 11.3. The number of nitrogens with zero attached hydrogens (tertiary/aromatic N) is 1. The van der Waals surface area contributed by atoms with Crippen molar-refractivity contribution in [1.82, 2.24) is 4.57 Å². The zero-order valence-electron chi connectivity index (χ0n) is 9.31. The third kappa shape index (κ3) is 1.91. The molecule has 0 saturated heterocycles. The van der Waals surface area contributed by atoms with Gasteiger partial charge < -0.3 is 4.57 Å². The molecule has 0 aliphatic heterocycles. The van der Waals surface area contributed by atoms with Crippen LogP contribution < -0.4 is 0 Å². The van der Waals surface area contributed by atoms with Crippen molar-refractivity contribution in [3.05, 3.63) is 53.7 Å². The Hall–Kier alpha value is -1.48. The predicted octanol–water partition coefficient (Wildman–Crippen LogP) is 2.98. The summed E-state index contributed by atoms with van der Waals surface area (Å²) in [5.74, 6) is 0.0885. The molecule has 0 radical (unpaired) electrons. The summed E-state index contributed by atoms with van der Waals surface area (Å²) < 4.78 is 1.97. The summed E-state index contributed by atoms with van der Waals surface area (Å²) in [5.41, 5.74) is 1.52. The SMILES string of the molecule is CSc1c(C(=O)c2ccccc2)ccn1C. The van der Waals surface area contributed by atoms with Crippen molar-refractivity contribution < 1.29 is 4.79 Å². The highest BCUT2D eigenvalue weighted by molar-refractivity contribution is 7.98. The molecule has 1 heterocycles. The molecule has 0 aliphatic carbocycles. The third-order valence-electron chi connectivity index (χ3n) is 2.49. The van der Waals surface area contributed by atoms with Gasteiger partial charge in [0.1, 0.15) is 0 Å². The van der Waals surface area contributed by atoms with Gasteiger partial charge in [0.2, 0.25) is 0 Å². The quantitative estimate of drug-likeness (QED) is 0.598. The smallest absolute Gasteiger partial charge is 0.195 e. The van der Waals surface area contributed by atoms with Crippen LogP contribution in [-0.2, 0) is 7.05 Å². The van der Waals surface area contributed by atoms with E-state index in [9.17, 15) is 4.79 Å². The van der Waals surface area contributed by atoms with Crippen molar-refractivity contribution in [3.8, 4) is 0 Å². The van der Waals surface area contributed by atoms with Gasteiger partial charge in [-0.15, -0.1) is 11.8 Å². The maximum atomic E-state index is 12.2. The van der Waals surface area contributed by atoms with E-state index >= 15 is 0 Å². The van der Waals surface area contributed by atoms with Gasteiger partial charge in [-0.05, 0) is 12.3 Å². The van der Waals surface area contributed by atoms with Crippen LogP contribution in [0.3, 0.4) is 0 Å². The molecule has 1 aromatic heterocycles. The molecule has 2 aromatic rings. The summed E-state index contributed by atoms with van der Waals surface area (Å²) in [5, 5.41) is 1.01. The van der Waals surface area contributed by atoms with E-state index in [1.165, 1.54) is 0 Å². The van der Waals surface area contributed by atoms with Gasteiger partial charge in [0.25, 0.3) is 0 Å². The second-order valence-corrected chi connectivity index (χ2v) is 4.34. The number of thioether (sulfide) groups is 1. The van der Waals surface area contributed by atoms with Gasteiger partial charge in [-0.1, -0.05) is 30.3 Å². The van der Waals surface area contributed by atoms with E-state index in [0.717, 1.165) is 16.2 Å². The minimum atomic E-state index is 0.0885. The van der Waals surface area contributed by atoms with Crippen LogP contribution in [0.15, 0.2) is 47.6 Å². The van der Waals surface area contributed by atoms with Crippen molar-refractivity contribution >= 4 is 17.5 Å². The number of hydrogen-bond donors (Lipinski definition) is 0. The van der Waals surface area contributed by atoms with Gasteiger partial charge in [0.15, 0.2) is 5.78 Å². The highest BCUT2D eigenvalue weighted by atomic mass is 32.2. The van der Waals surface area contributed by atoms with Crippen LogP contribution >= 0.6 is 11.8 Å². The largest absolute Gasteiger partial charge is 0.345 e. The lowest BCUT2D eigenvalue weighted by atomic mass is 10.1. The van der Waals surface area contributed by atoms with Gasteiger partial charge in [-0.2, -0.15) is 0 Å². The lowest BCUT2D eigenvalue weighted by Crippen LogP contribution is -2.02. The minimum absolute atomic E-state index is 0.0885. The molecule has 1 aromatic carbocycles. The second-order valence-electron chi connectivity index (χ2n) is 3.54. The molecule has 0 N–H and O–H groups in total. The van der Waals surface area contributed by atoms with E-state index < -0.39 is 0 Å². The normalized spacial score (nSPS) is 10.4. The molecule has 2 rings (SSSR count). The van der Waals surface area contributed by atoms with Gasteiger partial charge >= 0.3 is 0 Å². The Morgan fingerprint density at radius 2 is 1.88 bits per heavy atom. The summed E-state index contributed by atoms with van der Waals surface area (Å²) in [7, 11) is 1.95. The standard InChI is InChI=1S/C13H13NOS/c1-14-9-8-11(13(14)16-2)12(15)10-6-4-3-5-7-10/h3-9H,1-2H3. The molecular weight excluding hydrogens is 218 g/mol. The molecular formula is C13H13NOS. The van der Waals surface area contributed by atoms with Gasteiger partial charge in [-0.25, -0.2) is 0 Å². The molecule has 0 bridgehead atoms. The molecule has 0 aliphatic rings. The lowest BCUT2D eigenvalue weighted by molar-refractivity contribution is 0.103. The molecule has 0 saturated carbocycles. The fourth-order valence-electron chi connectivity index (χ4n) is 1.69. The number of aryl methyl sites for hydroxylation is 1. The van der Waals surface area contributed by atoms with E-state index in [1.807, 2.05) is 60.5 Å². The maximum absolute atomic E-state index is 12.2. The Morgan fingerprint density at radius 3 is 2.50 bits per heavy atom. The molecule has 0 atom stereocenters. The lowest BCUT2D eigenvalue weighted by Gasteiger charge is -2.03. The molecule has 0 fully saturated rings. The average molecular weight is 231 g/mol. The molecule has 0 amide bonds. The zero-order valence-corrected chi connectivity index (χ0v) is 10.1. The fraction of sp³-hybridized carbons (Fsp3) is 0.154. The molecule has 0 spiro atoms. The van der Waals surface area contributed by atoms with Gasteiger partial charge in [0, 0.05) is 18.8 Å². The highest BCUT2D eigenvalue weighted by Crippen LogP contribution is 2.23. The van der Waals surface area contributed by atoms with Crippen LogP contribution in [0.1, 0.15) is 15.9 Å². The van der Waals surface area contributed by atoms with Crippen molar-refractivity contribution in [2.24, 2.45) is 7.05 Å². The number of aromatic nitrogens is 1. The van der Waals surface area contributed by atoms with Crippen LogP contribution in [-0.4, -0.2) is 16.6 Å². The highest BCUT2D eigenvalue weighted by Gasteiger charge is 2.15. The van der Waals surface area contributed by atoms with Crippen LogP contribution in [0.4, 0.5) is 0 Å². The van der Waals surface area contributed by atoms with E-state index in [4.69, 9.17) is 0 Å². The number of hydrogen-bond acceptors (Lipinski definition) is 2. The molecule has 16 heavy (non-hydrogen) atoms. The monoisotopic (exact) mass is 231 g/mol. The fourth-order valence-corrected chi connectivity index (χ4v) is 2.42. The first kappa shape index (κ1) is 11.0. The number of ketones is 1. The van der Waals surface area contributed by atoms with E-state index in [-0.39, 0.29) is 5.78 Å². The van der Waals surface area contributed by atoms with Gasteiger partial charge in [-0.3, -0.25) is 4.79 Å². The predicted molar refractivity (Wildman–Crippen MR) is 67.1 cm³/mol. The van der Waals surface area contributed by atoms with Crippen LogP contribution in [0, 0.1) is 0 Å². The van der Waals surface area contributed by atoms with Crippen molar-refractivity contribution in [2.45, 2.75) is 5.03 Å². The summed E-state index contributed by atoms with van der Waals surface area (Å²) in [6.07, 6.45) is 3.90. The van der Waals surface area contributed by atoms with Crippen molar-refractivity contribution in [2.75, 3.05) is 6.26 Å². The molecule has 82 valence electrons. The van der Waals surface area contributed by atoms with Crippen LogP contribution in [0.5, 0.6) is 0 Å². The summed E-state index contributed by atoms with van der Waals surface area (Å²) in [6.45, 7) is 0. The summed E-state index contributed by atoms with van der Waals surface area (Å²) in [4.78, 5) is 12.2. The van der Waals surface area contributed by atoms with Crippen molar-refractivity contribution in [3.63, 3.8) is 0 Å². The molecule has 3 heteroatoms. The van der Waals surface area contributed by atoms with E-state index in [2.05, 4.69) is 0 Å². The van der Waals surface area contributed by atoms with Crippen molar-refractivity contribution in [1.29, 1.82) is 0 Å². The summed E-state index contributed by atoms with van der Waals surface area (Å²) >= 11 is 1.59. The first-order valence-electron chi connectivity index (χ1n) is 5.03. The number of carbonyl (C=O) groups excluding carboxylic acids is 1. The average Bonchev–Trinajstić information content (AvgIpc) is 2.70. The first-order valence-corrected chi connectivity index (χ1v) is 6.25. The zero-order chi connectivity index (χ0) is 11.5. The number of benzene rings is 1. The maximum Gasteiger partial charge on any atom is 0.195 e. The Bertz CT molecular complexity index is 502. The second kappa shape index (κ2) is 4.58.